The molecule has 0 aliphatic heterocycles. The maximum Gasteiger partial charge on any atom is 0.368 e. The van der Waals surface area contributed by atoms with Gasteiger partial charge in [-0.25, -0.2) is 31.0 Å². The minimum Gasteiger partial charge on any atom is -0.455 e. The third kappa shape index (κ3) is 5.71. The van der Waals surface area contributed by atoms with Crippen molar-refractivity contribution in [2.24, 2.45) is 0 Å². The number of aromatic nitrogens is 2. The van der Waals surface area contributed by atoms with Crippen LogP contribution in [-0.2, 0) is 10.0 Å². The number of rotatable bonds is 8. The third-order valence-corrected chi connectivity index (χ3v) is 8.16. The maximum atomic E-state index is 15.2. The van der Waals surface area contributed by atoms with Crippen molar-refractivity contribution in [3.63, 3.8) is 0 Å². The molecule has 3 heterocycles. The van der Waals surface area contributed by atoms with E-state index in [0.717, 1.165) is 18.4 Å². The number of oxazole rings is 1. The number of carbonyl (C=O) groups is 1. The fraction of sp³-hybridized carbons (Fsp3) is 0.129. The molecule has 6 rings (SSSR count). The van der Waals surface area contributed by atoms with E-state index in [1.807, 2.05) is 0 Å². The second-order valence-electron chi connectivity index (χ2n) is 10.1. The van der Waals surface area contributed by atoms with E-state index < -0.39 is 40.5 Å². The summed E-state index contributed by atoms with van der Waals surface area (Å²) in [5.74, 6) is -1.83. The third-order valence-electron chi connectivity index (χ3n) is 7.01. The van der Waals surface area contributed by atoms with Gasteiger partial charge in [0.2, 0.25) is 15.6 Å². The van der Waals surface area contributed by atoms with Crippen molar-refractivity contribution >= 4 is 43.8 Å². The highest BCUT2D eigenvalue weighted by Crippen LogP contribution is 2.43. The van der Waals surface area contributed by atoms with Crippen molar-refractivity contribution in [2.75, 3.05) is 24.2 Å². The summed E-state index contributed by atoms with van der Waals surface area (Å²) >= 11 is 0. The number of pyridine rings is 1. The lowest BCUT2D eigenvalue weighted by Crippen LogP contribution is -2.34. The number of sulfonamides is 1. The molecule has 9 nitrogen and oxygen atoms in total. The number of benzene rings is 3. The van der Waals surface area contributed by atoms with Crippen LogP contribution < -0.4 is 14.6 Å². The van der Waals surface area contributed by atoms with Crippen LogP contribution in [0.1, 0.15) is 10.4 Å². The molecular weight excluding hydrogens is 616 g/mol. The Kier molecular flexibility index (Phi) is 7.52. The molecule has 3 aromatic heterocycles. The molecule has 0 fully saturated rings. The van der Waals surface area contributed by atoms with Crippen LogP contribution in [0.5, 0.6) is 0 Å². The first-order valence-corrected chi connectivity index (χ1v) is 15.2. The summed E-state index contributed by atoms with van der Waals surface area (Å²) < 4.78 is 94.5. The van der Waals surface area contributed by atoms with Crippen LogP contribution in [0, 0.1) is 11.6 Å². The predicted octanol–water partition coefficient (Wildman–Crippen LogP) is 6.06. The molecule has 1 amide bonds. The van der Waals surface area contributed by atoms with Gasteiger partial charge in [-0.15, -0.1) is 0 Å². The van der Waals surface area contributed by atoms with E-state index in [4.69, 9.17) is 8.83 Å². The summed E-state index contributed by atoms with van der Waals surface area (Å²) in [7, 11) is -2.94. The minimum absolute atomic E-state index is 0.00592. The van der Waals surface area contributed by atoms with Crippen LogP contribution in [-0.4, -0.2) is 45.6 Å². The zero-order chi connectivity index (χ0) is 32.0. The molecule has 2 N–H and O–H groups in total. The Morgan fingerprint density at radius 3 is 2.36 bits per heavy atom. The lowest BCUT2D eigenvalue weighted by molar-refractivity contribution is -0.347. The number of fused-ring (bicyclic) bond motifs is 2. The number of nitrogens with one attached hydrogen (secondary N) is 2. The van der Waals surface area contributed by atoms with Crippen LogP contribution >= 0.6 is 0 Å². The van der Waals surface area contributed by atoms with Gasteiger partial charge >= 0.3 is 11.5 Å². The number of amides is 1. The first kappa shape index (κ1) is 29.8. The Hall–Kier alpha value is -5.24. The molecule has 0 aliphatic carbocycles. The van der Waals surface area contributed by atoms with E-state index in [9.17, 15) is 26.4 Å². The van der Waals surface area contributed by atoms with E-state index in [0.29, 0.717) is 21.1 Å². The topological polar surface area (TPSA) is 120 Å². The van der Waals surface area contributed by atoms with E-state index >= 15 is 4.39 Å². The molecule has 14 heteroatoms. The molecule has 0 atom stereocenters. The number of anilines is 1. The average Bonchev–Trinajstić information content (AvgIpc) is 3.60. The Morgan fingerprint density at radius 2 is 1.69 bits per heavy atom. The van der Waals surface area contributed by atoms with Gasteiger partial charge in [0.25, 0.3) is 12.3 Å². The van der Waals surface area contributed by atoms with Gasteiger partial charge in [-0.05, 0) is 66.2 Å². The first-order chi connectivity index (χ1) is 21.4. The van der Waals surface area contributed by atoms with Gasteiger partial charge in [0.05, 0.1) is 35.8 Å². The van der Waals surface area contributed by atoms with Crippen LogP contribution in [0.4, 0.5) is 23.2 Å². The molecular formula is C31H23F4N4O5S+. The molecule has 0 saturated heterocycles. The van der Waals surface area contributed by atoms with Gasteiger partial charge in [0, 0.05) is 34.6 Å². The number of furan rings is 1. The molecule has 0 spiro atoms. The Balaban J connectivity index is 1.66. The van der Waals surface area contributed by atoms with Crippen LogP contribution in [0.15, 0.2) is 81.8 Å². The van der Waals surface area contributed by atoms with Crippen molar-refractivity contribution in [1.82, 2.24) is 10.3 Å². The summed E-state index contributed by atoms with van der Waals surface area (Å²) in [5.41, 5.74) is 1.07. The molecule has 0 saturated carbocycles. The fourth-order valence-corrected chi connectivity index (χ4v) is 5.96. The molecule has 230 valence electrons. The number of halogens is 4. The second-order valence-corrected chi connectivity index (χ2v) is 12.0. The highest BCUT2D eigenvalue weighted by Gasteiger charge is 2.30. The van der Waals surface area contributed by atoms with Crippen molar-refractivity contribution in [3.05, 3.63) is 90.1 Å². The van der Waals surface area contributed by atoms with Gasteiger partial charge in [-0.2, -0.15) is 0 Å². The molecule has 0 radical (unpaired) electrons. The van der Waals surface area contributed by atoms with Gasteiger partial charge in [-0.3, -0.25) is 9.10 Å². The minimum atomic E-state index is -4.32. The zero-order valence-electron chi connectivity index (χ0n) is 23.6. The average molecular weight is 640 g/mol. The first-order valence-electron chi connectivity index (χ1n) is 13.4. The van der Waals surface area contributed by atoms with Crippen LogP contribution in [0.25, 0.3) is 56.1 Å². The Morgan fingerprint density at radius 1 is 0.956 bits per heavy atom. The molecule has 3 aromatic carbocycles. The zero-order valence-corrected chi connectivity index (χ0v) is 24.4. The highest BCUT2D eigenvalue weighted by atomic mass is 32.2. The van der Waals surface area contributed by atoms with Crippen molar-refractivity contribution < 1.29 is 44.6 Å². The molecule has 0 bridgehead atoms. The molecule has 0 aliphatic rings. The number of hydrogen-bond acceptors (Lipinski definition) is 6. The van der Waals surface area contributed by atoms with E-state index in [1.165, 1.54) is 49.5 Å². The highest BCUT2D eigenvalue weighted by molar-refractivity contribution is 7.92. The van der Waals surface area contributed by atoms with Gasteiger partial charge in [0.1, 0.15) is 23.0 Å². The SMILES string of the molecule is CNC(=O)c1c(-c2ccc(F)cc2)oc2cc(N(CC(F)F)S(C)(=O)=O)c(-c3cc(F)cc(-c4nc5[nH+]cccc5o4)c3)cc12. The number of hydrogen-bond donors (Lipinski definition) is 1. The monoisotopic (exact) mass is 639 g/mol. The Bertz CT molecular complexity index is 2160. The molecule has 0 unspecified atom stereocenters. The fourth-order valence-electron chi connectivity index (χ4n) is 5.07. The summed E-state index contributed by atoms with van der Waals surface area (Å²) in [5, 5.41) is 2.69. The lowest BCUT2D eigenvalue weighted by atomic mass is 9.97. The number of alkyl halides is 2. The van der Waals surface area contributed by atoms with Crippen LogP contribution in [0.2, 0.25) is 0 Å². The van der Waals surface area contributed by atoms with E-state index in [2.05, 4.69) is 15.3 Å². The number of H-pyrrole nitrogens is 1. The quantitative estimate of drug-likeness (QED) is 0.202. The van der Waals surface area contributed by atoms with E-state index in [1.54, 1.807) is 18.3 Å². The smallest absolute Gasteiger partial charge is 0.368 e. The number of nitrogens with zero attached hydrogens (tertiary/aromatic N) is 2. The largest absolute Gasteiger partial charge is 0.455 e. The Labute approximate surface area is 253 Å². The van der Waals surface area contributed by atoms with Gasteiger partial charge < -0.3 is 14.2 Å². The molecule has 45 heavy (non-hydrogen) atoms. The summed E-state index contributed by atoms with van der Waals surface area (Å²) in [6.07, 6.45) is -0.683. The normalized spacial score (nSPS) is 11.9. The second kappa shape index (κ2) is 11.4. The van der Waals surface area contributed by atoms with Gasteiger partial charge in [-0.1, -0.05) is 0 Å². The standard InChI is InChI=1S/C31H22F4N4O5S/c1-36-30(40)27-22-13-21(17-10-18(12-20(33)11-17)31-38-29-24(44-31)4-3-9-37-29)23(39(15-26(34)35)45(2,41)42)14-25(22)43-28(27)16-5-7-19(32)8-6-16/h3-14,26H,15H2,1-2H3,(H,36,40)/p+1. The van der Waals surface area contributed by atoms with Gasteiger partial charge in [0.15, 0.2) is 0 Å². The number of aromatic amines is 1. The summed E-state index contributed by atoms with van der Waals surface area (Å²) in [6.45, 7) is -1.21. The number of carbonyl (C=O) groups excluding carboxylic acids is 1. The van der Waals surface area contributed by atoms with Crippen molar-refractivity contribution in [1.29, 1.82) is 0 Å². The van der Waals surface area contributed by atoms with Crippen molar-refractivity contribution in [3.8, 4) is 33.9 Å². The van der Waals surface area contributed by atoms with Crippen molar-refractivity contribution in [2.45, 2.75) is 6.43 Å². The predicted molar refractivity (Wildman–Crippen MR) is 158 cm³/mol. The lowest BCUT2D eigenvalue weighted by Gasteiger charge is -2.25. The van der Waals surface area contributed by atoms with Crippen LogP contribution in [0.3, 0.4) is 0 Å². The molecule has 6 aromatic rings. The summed E-state index contributed by atoms with van der Waals surface area (Å²) in [6, 6.07) is 14.7. The maximum absolute atomic E-state index is 15.2. The van der Waals surface area contributed by atoms with E-state index in [-0.39, 0.29) is 50.6 Å². The summed E-state index contributed by atoms with van der Waals surface area (Å²) in [4.78, 5) is 20.4.